The van der Waals surface area contributed by atoms with Crippen molar-refractivity contribution < 1.29 is 43.2 Å². The van der Waals surface area contributed by atoms with Crippen LogP contribution in [-0.4, -0.2) is 100 Å². The Labute approximate surface area is 323 Å². The third kappa shape index (κ3) is 16.4. The van der Waals surface area contributed by atoms with Crippen LogP contribution in [0.25, 0.3) is 21.9 Å². The number of hydrogen-bond donors (Lipinski definition) is 4. The van der Waals surface area contributed by atoms with Crippen molar-refractivity contribution in [3.05, 3.63) is 90.1 Å². The Balaban J connectivity index is 1.19. The van der Waals surface area contributed by atoms with Crippen LogP contribution in [0.3, 0.4) is 0 Å². The summed E-state index contributed by atoms with van der Waals surface area (Å²) in [4.78, 5) is 41.2. The van der Waals surface area contributed by atoms with Gasteiger partial charge in [0, 0.05) is 25.8 Å². The second-order valence-electron chi connectivity index (χ2n) is 12.9. The molecule has 0 aliphatic carbocycles. The molecule has 0 fully saturated rings. The molecule has 0 radical (unpaired) electrons. The average Bonchev–Trinajstić information content (AvgIpc) is 3.18. The molecule has 4 aromatic rings. The Hall–Kier alpha value is -5.08. The molecule has 0 saturated heterocycles. The first-order valence-electron chi connectivity index (χ1n) is 18.8. The lowest BCUT2D eigenvalue weighted by atomic mass is 9.96. The molecule has 3 aromatic carbocycles. The number of ether oxygens (including phenoxy) is 5. The summed E-state index contributed by atoms with van der Waals surface area (Å²) < 4.78 is 27.8. The molecule has 0 aliphatic heterocycles. The van der Waals surface area contributed by atoms with Gasteiger partial charge >= 0.3 is 5.97 Å². The highest BCUT2D eigenvalue weighted by Gasteiger charge is 2.19. The summed E-state index contributed by atoms with van der Waals surface area (Å²) >= 11 is 0. The minimum absolute atomic E-state index is 0.228. The van der Waals surface area contributed by atoms with Crippen molar-refractivity contribution in [2.75, 3.05) is 77.9 Å². The smallest absolute Gasteiger partial charge is 0.305 e. The van der Waals surface area contributed by atoms with Crippen LogP contribution in [0.2, 0.25) is 0 Å². The third-order valence-electron chi connectivity index (χ3n) is 8.36. The number of carbonyl (C=O) groups is 3. The molecule has 1 aromatic heterocycles. The van der Waals surface area contributed by atoms with Gasteiger partial charge in [0.05, 0.1) is 65.3 Å². The predicted molar refractivity (Wildman–Crippen MR) is 211 cm³/mol. The number of carboxylic acids is 1. The molecule has 0 spiro atoms. The van der Waals surface area contributed by atoms with E-state index in [-0.39, 0.29) is 25.3 Å². The Bertz CT molecular complexity index is 1790. The summed E-state index contributed by atoms with van der Waals surface area (Å²) in [7, 11) is 0. The summed E-state index contributed by atoms with van der Waals surface area (Å²) in [6.45, 7) is 9.11. The molecule has 13 nitrogen and oxygen atoms in total. The molecule has 1 heterocycles. The summed E-state index contributed by atoms with van der Waals surface area (Å²) in [6, 6.07) is 22.4. The molecule has 0 bridgehead atoms. The number of pyridine rings is 1. The topological polar surface area (TPSA) is 167 Å². The molecule has 1 atom stereocenters. The molecular formula is C42H54N4O9. The SMILES string of the molecule is CCCOCCOCCOCCOCCOc1ccc2cc(-c3cccc([C@H](CC(=O)O)NC(=O)CNC(=O)CCCNc4cc(C)ccn4)c3)ccc2c1. The minimum atomic E-state index is -1.05. The monoisotopic (exact) mass is 758 g/mol. The minimum Gasteiger partial charge on any atom is -0.491 e. The zero-order chi connectivity index (χ0) is 39.1. The van der Waals surface area contributed by atoms with Crippen LogP contribution in [0.5, 0.6) is 5.75 Å². The van der Waals surface area contributed by atoms with Crippen molar-refractivity contribution in [2.24, 2.45) is 0 Å². The van der Waals surface area contributed by atoms with E-state index in [2.05, 4.69) is 33.9 Å². The van der Waals surface area contributed by atoms with Gasteiger partial charge in [-0.2, -0.15) is 0 Å². The van der Waals surface area contributed by atoms with Crippen molar-refractivity contribution in [3.63, 3.8) is 0 Å². The number of nitrogens with zero attached hydrogens (tertiary/aromatic N) is 1. The van der Waals surface area contributed by atoms with E-state index in [1.54, 1.807) is 12.3 Å². The zero-order valence-electron chi connectivity index (χ0n) is 31.8. The quantitative estimate of drug-likeness (QED) is 0.0551. The highest BCUT2D eigenvalue weighted by molar-refractivity contribution is 5.89. The highest BCUT2D eigenvalue weighted by atomic mass is 16.6. The maximum Gasteiger partial charge on any atom is 0.305 e. The van der Waals surface area contributed by atoms with Gasteiger partial charge in [-0.3, -0.25) is 14.4 Å². The normalized spacial score (nSPS) is 11.6. The van der Waals surface area contributed by atoms with Crippen molar-refractivity contribution in [1.29, 1.82) is 0 Å². The molecule has 0 unspecified atom stereocenters. The first-order valence-corrected chi connectivity index (χ1v) is 18.8. The van der Waals surface area contributed by atoms with Gasteiger partial charge in [0.15, 0.2) is 0 Å². The van der Waals surface area contributed by atoms with Gasteiger partial charge in [-0.25, -0.2) is 4.98 Å². The highest BCUT2D eigenvalue weighted by Crippen LogP contribution is 2.29. The largest absolute Gasteiger partial charge is 0.491 e. The standard InChI is InChI=1S/C42H54N4O9/c1-3-16-51-17-18-52-19-20-53-21-22-54-23-24-55-37-12-11-34-26-33(9-10-35(34)28-37)32-6-4-7-36(27-32)38(29-42(49)50)46-41(48)30-45-40(47)8-5-14-43-39-25-31(2)13-15-44-39/h4,6-7,9-13,15,25-28,38H,3,5,8,14,16-24,29-30H2,1-2H3,(H,43,44)(H,45,47)(H,46,48)(H,49,50)/t38-/m0/s1. The molecule has 2 amide bonds. The van der Waals surface area contributed by atoms with E-state index in [0.29, 0.717) is 71.4 Å². The maximum absolute atomic E-state index is 12.8. The van der Waals surface area contributed by atoms with Gasteiger partial charge in [-0.05, 0) is 89.2 Å². The van der Waals surface area contributed by atoms with Crippen LogP contribution in [-0.2, 0) is 33.3 Å². The maximum atomic E-state index is 12.8. The van der Waals surface area contributed by atoms with E-state index in [1.807, 2.05) is 67.6 Å². The molecule has 296 valence electrons. The van der Waals surface area contributed by atoms with Crippen LogP contribution in [0.15, 0.2) is 79.0 Å². The zero-order valence-corrected chi connectivity index (χ0v) is 31.8. The van der Waals surface area contributed by atoms with E-state index in [0.717, 1.165) is 52.1 Å². The molecule has 4 N–H and O–H groups in total. The lowest BCUT2D eigenvalue weighted by Crippen LogP contribution is -2.39. The van der Waals surface area contributed by atoms with E-state index < -0.39 is 17.9 Å². The van der Waals surface area contributed by atoms with Crippen LogP contribution < -0.4 is 20.7 Å². The first kappa shape index (κ1) is 42.7. The van der Waals surface area contributed by atoms with E-state index in [1.165, 1.54) is 0 Å². The molecule has 55 heavy (non-hydrogen) atoms. The number of anilines is 1. The molecule has 0 aliphatic rings. The number of aliphatic carboxylic acids is 1. The summed E-state index contributed by atoms with van der Waals surface area (Å²) in [5, 5.41) is 20.2. The number of fused-ring (bicyclic) bond motifs is 1. The van der Waals surface area contributed by atoms with Crippen LogP contribution >= 0.6 is 0 Å². The van der Waals surface area contributed by atoms with Crippen molar-refractivity contribution >= 4 is 34.4 Å². The van der Waals surface area contributed by atoms with Crippen molar-refractivity contribution in [3.8, 4) is 16.9 Å². The van der Waals surface area contributed by atoms with E-state index >= 15 is 0 Å². The van der Waals surface area contributed by atoms with Gasteiger partial charge < -0.3 is 44.7 Å². The molecule has 0 saturated carbocycles. The predicted octanol–water partition coefficient (Wildman–Crippen LogP) is 5.71. The van der Waals surface area contributed by atoms with Crippen molar-refractivity contribution in [1.82, 2.24) is 15.6 Å². The summed E-state index contributed by atoms with van der Waals surface area (Å²) in [5.74, 6) is -0.321. The third-order valence-corrected chi connectivity index (χ3v) is 8.36. The number of benzene rings is 3. The van der Waals surface area contributed by atoms with E-state index in [9.17, 15) is 19.5 Å². The van der Waals surface area contributed by atoms with Crippen LogP contribution in [0.4, 0.5) is 5.82 Å². The lowest BCUT2D eigenvalue weighted by molar-refractivity contribution is -0.138. The Kier molecular flexibility index (Phi) is 18.9. The molecule has 13 heteroatoms. The Morgan fingerprint density at radius 2 is 1.42 bits per heavy atom. The number of hydrogen-bond acceptors (Lipinski definition) is 10. The molecular weight excluding hydrogens is 704 g/mol. The van der Waals surface area contributed by atoms with Gasteiger partial charge in [-0.15, -0.1) is 0 Å². The molecule has 4 rings (SSSR count). The van der Waals surface area contributed by atoms with Gasteiger partial charge in [0.25, 0.3) is 0 Å². The first-order chi connectivity index (χ1) is 26.8. The number of rotatable bonds is 27. The number of amides is 2. The van der Waals surface area contributed by atoms with Crippen molar-refractivity contribution in [2.45, 2.75) is 45.6 Å². The van der Waals surface area contributed by atoms with Gasteiger partial charge in [-0.1, -0.05) is 43.3 Å². The fraction of sp³-hybridized carbons (Fsp3) is 0.429. The second-order valence-corrected chi connectivity index (χ2v) is 12.9. The lowest BCUT2D eigenvalue weighted by Gasteiger charge is -2.19. The fourth-order valence-corrected chi connectivity index (χ4v) is 5.59. The number of aromatic nitrogens is 1. The van der Waals surface area contributed by atoms with Crippen LogP contribution in [0.1, 0.15) is 49.8 Å². The number of carboxylic acid groups (broad SMARTS) is 1. The van der Waals surface area contributed by atoms with Gasteiger partial charge in [0.1, 0.15) is 18.2 Å². The summed E-state index contributed by atoms with van der Waals surface area (Å²) in [6.07, 6.45) is 3.19. The number of nitrogens with one attached hydrogen (secondary N) is 3. The van der Waals surface area contributed by atoms with Crippen LogP contribution in [0, 0.1) is 6.92 Å². The Morgan fingerprint density at radius 1 is 0.745 bits per heavy atom. The fourth-order valence-electron chi connectivity index (χ4n) is 5.59. The second kappa shape index (κ2) is 24.4. The number of aryl methyl sites for hydroxylation is 1. The van der Waals surface area contributed by atoms with Gasteiger partial charge in [0.2, 0.25) is 11.8 Å². The average molecular weight is 759 g/mol. The Morgan fingerprint density at radius 3 is 2.13 bits per heavy atom. The summed E-state index contributed by atoms with van der Waals surface area (Å²) in [5.41, 5.74) is 3.54. The van der Waals surface area contributed by atoms with E-state index in [4.69, 9.17) is 23.7 Å². The number of carbonyl (C=O) groups excluding carboxylic acids is 2.